The molecule has 1 aromatic rings. The first-order chi connectivity index (χ1) is 8.20. The molecule has 1 saturated heterocycles. The highest BCUT2D eigenvalue weighted by atomic mass is 79.9. The van der Waals surface area contributed by atoms with Crippen LogP contribution < -0.4 is 10.2 Å². The van der Waals surface area contributed by atoms with Crippen LogP contribution in [0.4, 0.5) is 10.7 Å². The SMILES string of the molecule is CNC(=O)N1CCN(c2ncc(Br)cn2)CC1. The zero-order valence-corrected chi connectivity index (χ0v) is 11.1. The molecule has 17 heavy (non-hydrogen) atoms. The molecule has 0 unspecified atom stereocenters. The number of amides is 2. The van der Waals surface area contributed by atoms with E-state index in [1.807, 2.05) is 0 Å². The zero-order valence-electron chi connectivity index (χ0n) is 9.56. The topological polar surface area (TPSA) is 61.4 Å². The van der Waals surface area contributed by atoms with E-state index in [1.54, 1.807) is 24.3 Å². The lowest BCUT2D eigenvalue weighted by molar-refractivity contribution is 0.196. The van der Waals surface area contributed by atoms with Gasteiger partial charge in [0.25, 0.3) is 0 Å². The van der Waals surface area contributed by atoms with E-state index in [2.05, 4.69) is 36.1 Å². The van der Waals surface area contributed by atoms with E-state index in [0.29, 0.717) is 19.0 Å². The molecule has 0 saturated carbocycles. The summed E-state index contributed by atoms with van der Waals surface area (Å²) in [6.07, 6.45) is 3.46. The average Bonchev–Trinajstić information content (AvgIpc) is 2.39. The smallest absolute Gasteiger partial charge is 0.317 e. The standard InChI is InChI=1S/C10H14BrN5O/c1-12-10(17)16-4-2-15(3-5-16)9-13-6-8(11)7-14-9/h6-7H,2-5H2,1H3,(H,12,17). The van der Waals surface area contributed by atoms with Gasteiger partial charge >= 0.3 is 6.03 Å². The second-order valence-corrected chi connectivity index (χ2v) is 4.65. The zero-order chi connectivity index (χ0) is 12.3. The van der Waals surface area contributed by atoms with Gasteiger partial charge in [0.2, 0.25) is 5.95 Å². The molecule has 1 fully saturated rings. The Bertz CT molecular complexity index is 388. The second-order valence-electron chi connectivity index (χ2n) is 3.73. The fourth-order valence-corrected chi connectivity index (χ4v) is 1.94. The predicted octanol–water partition coefficient (Wildman–Crippen LogP) is 0.700. The third-order valence-electron chi connectivity index (χ3n) is 2.67. The number of carbonyl (C=O) groups excluding carboxylic acids is 1. The normalized spacial score (nSPS) is 15.9. The molecule has 0 radical (unpaired) electrons. The van der Waals surface area contributed by atoms with Gasteiger partial charge in [0.05, 0.1) is 4.47 Å². The minimum atomic E-state index is -0.0265. The third-order valence-corrected chi connectivity index (χ3v) is 3.08. The van der Waals surface area contributed by atoms with Crippen molar-refractivity contribution in [1.29, 1.82) is 0 Å². The number of hydrogen-bond acceptors (Lipinski definition) is 4. The second kappa shape index (κ2) is 5.31. The van der Waals surface area contributed by atoms with Gasteiger partial charge in [-0.2, -0.15) is 0 Å². The van der Waals surface area contributed by atoms with Crippen molar-refractivity contribution in [2.75, 3.05) is 38.1 Å². The first-order valence-corrected chi connectivity index (χ1v) is 6.19. The van der Waals surface area contributed by atoms with Crippen LogP contribution >= 0.6 is 15.9 Å². The highest BCUT2D eigenvalue weighted by molar-refractivity contribution is 9.10. The van der Waals surface area contributed by atoms with Gasteiger partial charge in [-0.15, -0.1) is 0 Å². The lowest BCUT2D eigenvalue weighted by atomic mass is 10.3. The Morgan fingerprint density at radius 1 is 1.29 bits per heavy atom. The van der Waals surface area contributed by atoms with Crippen LogP contribution in [0.5, 0.6) is 0 Å². The molecule has 1 aliphatic rings. The van der Waals surface area contributed by atoms with Gasteiger partial charge in [0.1, 0.15) is 0 Å². The number of carbonyl (C=O) groups is 1. The van der Waals surface area contributed by atoms with Crippen molar-refractivity contribution in [1.82, 2.24) is 20.2 Å². The number of hydrogen-bond donors (Lipinski definition) is 1. The van der Waals surface area contributed by atoms with E-state index in [4.69, 9.17) is 0 Å². The van der Waals surface area contributed by atoms with Crippen LogP contribution in [0.25, 0.3) is 0 Å². The van der Waals surface area contributed by atoms with Crippen LogP contribution in [-0.4, -0.2) is 54.1 Å². The molecule has 0 spiro atoms. The number of aromatic nitrogens is 2. The van der Waals surface area contributed by atoms with E-state index in [0.717, 1.165) is 17.6 Å². The van der Waals surface area contributed by atoms with Crippen LogP contribution in [0.1, 0.15) is 0 Å². The first kappa shape index (κ1) is 12.1. The summed E-state index contributed by atoms with van der Waals surface area (Å²) in [6.45, 7) is 2.91. The van der Waals surface area contributed by atoms with Gasteiger partial charge in [-0.3, -0.25) is 0 Å². The van der Waals surface area contributed by atoms with Crippen molar-refractivity contribution in [2.45, 2.75) is 0 Å². The maximum Gasteiger partial charge on any atom is 0.317 e. The molecule has 1 aromatic heterocycles. The fraction of sp³-hybridized carbons (Fsp3) is 0.500. The summed E-state index contributed by atoms with van der Waals surface area (Å²) in [7, 11) is 1.65. The molecule has 6 nitrogen and oxygen atoms in total. The van der Waals surface area contributed by atoms with Crippen LogP contribution in [0.15, 0.2) is 16.9 Å². The third kappa shape index (κ3) is 2.85. The molecule has 1 N–H and O–H groups in total. The number of halogens is 1. The first-order valence-electron chi connectivity index (χ1n) is 5.40. The maximum atomic E-state index is 11.4. The summed E-state index contributed by atoms with van der Waals surface area (Å²) in [5.74, 6) is 0.713. The number of urea groups is 1. The van der Waals surface area contributed by atoms with Gasteiger partial charge in [0, 0.05) is 45.6 Å². The van der Waals surface area contributed by atoms with E-state index >= 15 is 0 Å². The Morgan fingerprint density at radius 2 is 1.88 bits per heavy atom. The van der Waals surface area contributed by atoms with Gasteiger partial charge < -0.3 is 15.1 Å². The van der Waals surface area contributed by atoms with Gasteiger partial charge in [-0.1, -0.05) is 0 Å². The number of anilines is 1. The van der Waals surface area contributed by atoms with Gasteiger partial charge in [-0.05, 0) is 15.9 Å². The molecule has 2 amide bonds. The van der Waals surface area contributed by atoms with Crippen LogP contribution in [0.3, 0.4) is 0 Å². The Kier molecular flexibility index (Phi) is 3.78. The quantitative estimate of drug-likeness (QED) is 0.829. The van der Waals surface area contributed by atoms with Crippen molar-refractivity contribution in [2.24, 2.45) is 0 Å². The molecular weight excluding hydrogens is 286 g/mol. The lowest BCUT2D eigenvalue weighted by Gasteiger charge is -2.34. The molecule has 0 bridgehead atoms. The minimum absolute atomic E-state index is 0.0265. The Labute approximate surface area is 108 Å². The molecule has 1 aliphatic heterocycles. The number of nitrogens with one attached hydrogen (secondary N) is 1. The largest absolute Gasteiger partial charge is 0.341 e. The Hall–Kier alpha value is -1.37. The molecule has 0 aromatic carbocycles. The number of nitrogens with zero attached hydrogens (tertiary/aromatic N) is 4. The number of rotatable bonds is 1. The van der Waals surface area contributed by atoms with Crippen LogP contribution in [0, 0.1) is 0 Å². The monoisotopic (exact) mass is 299 g/mol. The summed E-state index contributed by atoms with van der Waals surface area (Å²) in [6, 6.07) is -0.0265. The summed E-state index contributed by atoms with van der Waals surface area (Å²) < 4.78 is 0.866. The summed E-state index contributed by atoms with van der Waals surface area (Å²) in [5, 5.41) is 2.63. The van der Waals surface area contributed by atoms with E-state index in [9.17, 15) is 4.79 Å². The average molecular weight is 300 g/mol. The molecule has 0 aliphatic carbocycles. The summed E-state index contributed by atoms with van der Waals surface area (Å²) >= 11 is 3.30. The Morgan fingerprint density at radius 3 is 2.41 bits per heavy atom. The van der Waals surface area contributed by atoms with E-state index in [1.165, 1.54) is 0 Å². The molecule has 2 heterocycles. The minimum Gasteiger partial charge on any atom is -0.341 e. The van der Waals surface area contributed by atoms with Crippen molar-refractivity contribution >= 4 is 27.9 Å². The molecule has 92 valence electrons. The van der Waals surface area contributed by atoms with Crippen LogP contribution in [-0.2, 0) is 0 Å². The molecule has 7 heteroatoms. The summed E-state index contributed by atoms with van der Waals surface area (Å²) in [4.78, 5) is 23.8. The van der Waals surface area contributed by atoms with Crippen molar-refractivity contribution in [3.63, 3.8) is 0 Å². The van der Waals surface area contributed by atoms with Gasteiger partial charge in [-0.25, -0.2) is 14.8 Å². The highest BCUT2D eigenvalue weighted by Gasteiger charge is 2.21. The fourth-order valence-electron chi connectivity index (χ4n) is 1.74. The number of piperazine rings is 1. The van der Waals surface area contributed by atoms with E-state index in [-0.39, 0.29) is 6.03 Å². The van der Waals surface area contributed by atoms with Crippen molar-refractivity contribution in [3.05, 3.63) is 16.9 Å². The summed E-state index contributed by atoms with van der Waals surface area (Å²) in [5.41, 5.74) is 0. The molecule has 2 rings (SSSR count). The Balaban J connectivity index is 1.95. The predicted molar refractivity (Wildman–Crippen MR) is 68.0 cm³/mol. The van der Waals surface area contributed by atoms with Crippen molar-refractivity contribution in [3.8, 4) is 0 Å². The van der Waals surface area contributed by atoms with Crippen LogP contribution in [0.2, 0.25) is 0 Å². The maximum absolute atomic E-state index is 11.4. The molecular formula is C10H14BrN5O. The lowest BCUT2D eigenvalue weighted by Crippen LogP contribution is -2.51. The highest BCUT2D eigenvalue weighted by Crippen LogP contribution is 2.13. The molecule has 0 atom stereocenters. The van der Waals surface area contributed by atoms with E-state index < -0.39 is 0 Å². The van der Waals surface area contributed by atoms with Crippen molar-refractivity contribution < 1.29 is 4.79 Å². The van der Waals surface area contributed by atoms with Gasteiger partial charge in [0.15, 0.2) is 0 Å².